The number of benzene rings is 3. The summed E-state index contributed by atoms with van der Waals surface area (Å²) in [6, 6.07) is 20.6. The summed E-state index contributed by atoms with van der Waals surface area (Å²) in [7, 11) is 1.63. The third kappa shape index (κ3) is 5.51. The van der Waals surface area contributed by atoms with E-state index in [-0.39, 0.29) is 11.5 Å². The number of Topliss-reactive ketones (excluding diaryl/α,β-unsaturated/α-hetero) is 1. The largest absolute Gasteiger partial charge is 0.508 e. The molecule has 1 N–H and O–H groups in total. The molecule has 1 aliphatic heterocycles. The molecule has 0 saturated heterocycles. The van der Waals surface area contributed by atoms with E-state index in [2.05, 4.69) is 31.2 Å². The molecular formula is C30H32O4. The van der Waals surface area contributed by atoms with Crippen molar-refractivity contribution < 1.29 is 19.4 Å². The molecule has 34 heavy (non-hydrogen) atoms. The van der Waals surface area contributed by atoms with E-state index in [9.17, 15) is 9.90 Å². The fourth-order valence-corrected chi connectivity index (χ4v) is 4.32. The Labute approximate surface area is 201 Å². The highest BCUT2D eigenvalue weighted by Gasteiger charge is 2.33. The Morgan fingerprint density at radius 2 is 1.68 bits per heavy atom. The highest BCUT2D eigenvalue weighted by atomic mass is 16.5. The van der Waals surface area contributed by atoms with E-state index in [1.165, 1.54) is 43.7 Å². The van der Waals surface area contributed by atoms with Gasteiger partial charge < -0.3 is 14.6 Å². The zero-order valence-corrected chi connectivity index (χ0v) is 19.9. The van der Waals surface area contributed by atoms with Crippen molar-refractivity contribution in [1.82, 2.24) is 0 Å². The summed E-state index contributed by atoms with van der Waals surface area (Å²) >= 11 is 0. The number of hydrogen-bond donors (Lipinski definition) is 1. The molecule has 3 aromatic carbocycles. The number of hydrogen-bond acceptors (Lipinski definition) is 4. The molecule has 3 aromatic rings. The normalized spacial score (nSPS) is 16.2. The summed E-state index contributed by atoms with van der Waals surface area (Å²) in [5, 5.41) is 9.93. The van der Waals surface area contributed by atoms with Crippen LogP contribution in [0, 0.1) is 0 Å². The van der Waals surface area contributed by atoms with Crippen LogP contribution in [0.4, 0.5) is 0 Å². The number of ether oxygens (including phenoxy) is 2. The molecule has 0 aromatic heterocycles. The van der Waals surface area contributed by atoms with Crippen LogP contribution in [-0.2, 0) is 6.42 Å². The number of phenolic OH excluding ortho intramolecular Hbond substituents is 1. The minimum absolute atomic E-state index is 0.0428. The maximum absolute atomic E-state index is 13.5. The fourth-order valence-electron chi connectivity index (χ4n) is 4.32. The van der Waals surface area contributed by atoms with Crippen LogP contribution >= 0.6 is 0 Å². The molecule has 1 unspecified atom stereocenters. The van der Waals surface area contributed by atoms with Crippen molar-refractivity contribution in [3.63, 3.8) is 0 Å². The lowest BCUT2D eigenvalue weighted by Crippen LogP contribution is -2.23. The Balaban J connectivity index is 1.62. The van der Waals surface area contributed by atoms with Crippen LogP contribution in [0.15, 0.2) is 72.3 Å². The van der Waals surface area contributed by atoms with Gasteiger partial charge in [-0.15, -0.1) is 0 Å². The van der Waals surface area contributed by atoms with Gasteiger partial charge in [0.05, 0.1) is 12.7 Å². The monoisotopic (exact) mass is 456 g/mol. The molecule has 0 bridgehead atoms. The van der Waals surface area contributed by atoms with Crippen molar-refractivity contribution in [3.05, 3.63) is 94.6 Å². The van der Waals surface area contributed by atoms with Gasteiger partial charge in [0.1, 0.15) is 17.2 Å². The second kappa shape index (κ2) is 11.1. The van der Waals surface area contributed by atoms with Crippen molar-refractivity contribution in [2.45, 2.75) is 51.6 Å². The predicted molar refractivity (Wildman–Crippen MR) is 136 cm³/mol. The number of fused-ring (bicyclic) bond motifs is 1. The summed E-state index contributed by atoms with van der Waals surface area (Å²) in [5.41, 5.74) is 4.02. The van der Waals surface area contributed by atoms with Crippen LogP contribution in [0.3, 0.4) is 0 Å². The number of unbranched alkanes of at least 4 members (excludes halogenated alkanes) is 4. The van der Waals surface area contributed by atoms with Crippen LogP contribution in [-0.4, -0.2) is 18.0 Å². The number of phenols is 1. The van der Waals surface area contributed by atoms with Gasteiger partial charge in [0.25, 0.3) is 0 Å². The molecule has 0 radical (unpaired) electrons. The zero-order valence-electron chi connectivity index (χ0n) is 19.9. The number of carbonyl (C=O) groups is 1. The number of methoxy groups -OCH3 is 1. The van der Waals surface area contributed by atoms with Crippen molar-refractivity contribution in [2.75, 3.05) is 7.11 Å². The third-order valence-electron chi connectivity index (χ3n) is 6.29. The molecule has 0 amide bonds. The maximum Gasteiger partial charge on any atom is 0.196 e. The minimum Gasteiger partial charge on any atom is -0.508 e. The molecule has 4 rings (SSSR count). The maximum atomic E-state index is 13.5. The first kappa shape index (κ1) is 23.6. The number of rotatable bonds is 9. The summed E-state index contributed by atoms with van der Waals surface area (Å²) in [4.78, 5) is 13.5. The summed E-state index contributed by atoms with van der Waals surface area (Å²) < 4.78 is 11.6. The Kier molecular flexibility index (Phi) is 7.69. The van der Waals surface area contributed by atoms with E-state index < -0.39 is 6.10 Å². The van der Waals surface area contributed by atoms with Crippen LogP contribution in [0.5, 0.6) is 17.2 Å². The Morgan fingerprint density at radius 1 is 0.941 bits per heavy atom. The topological polar surface area (TPSA) is 55.8 Å². The average molecular weight is 457 g/mol. The number of ketones is 1. The van der Waals surface area contributed by atoms with E-state index in [1.807, 2.05) is 30.3 Å². The van der Waals surface area contributed by atoms with Gasteiger partial charge in [0, 0.05) is 5.57 Å². The quantitative estimate of drug-likeness (QED) is 0.271. The molecule has 1 aliphatic rings. The molecular weight excluding hydrogens is 424 g/mol. The van der Waals surface area contributed by atoms with E-state index in [0.717, 1.165) is 23.3 Å². The van der Waals surface area contributed by atoms with Gasteiger partial charge in [-0.3, -0.25) is 4.79 Å². The second-order valence-corrected chi connectivity index (χ2v) is 8.79. The van der Waals surface area contributed by atoms with Gasteiger partial charge in [0.2, 0.25) is 0 Å². The van der Waals surface area contributed by atoms with Crippen LogP contribution < -0.4 is 9.47 Å². The number of aryl methyl sites for hydroxylation is 1. The van der Waals surface area contributed by atoms with Crippen LogP contribution in [0.25, 0.3) is 6.08 Å². The van der Waals surface area contributed by atoms with Crippen molar-refractivity contribution in [2.24, 2.45) is 0 Å². The fraction of sp³-hybridized carbons (Fsp3) is 0.300. The summed E-state index contributed by atoms with van der Waals surface area (Å²) in [5.74, 6) is 1.14. The van der Waals surface area contributed by atoms with Crippen molar-refractivity contribution in [3.8, 4) is 17.2 Å². The van der Waals surface area contributed by atoms with Gasteiger partial charge in [-0.2, -0.15) is 0 Å². The lowest BCUT2D eigenvalue weighted by molar-refractivity contribution is 0.0963. The van der Waals surface area contributed by atoms with Gasteiger partial charge in [-0.1, -0.05) is 69.0 Å². The van der Waals surface area contributed by atoms with Crippen LogP contribution in [0.1, 0.15) is 72.2 Å². The lowest BCUT2D eigenvalue weighted by Gasteiger charge is -2.28. The molecule has 1 atom stereocenters. The molecule has 0 fully saturated rings. The minimum atomic E-state index is -0.523. The first-order valence-electron chi connectivity index (χ1n) is 12.1. The Hall–Kier alpha value is -3.53. The molecule has 176 valence electrons. The van der Waals surface area contributed by atoms with E-state index >= 15 is 0 Å². The SMILES string of the molecule is CCCCCCCc1ccc(C2Oc3ccc(O)cc3C(=O)C2=Cc2ccc(OC)cc2)cc1. The molecule has 1 heterocycles. The Morgan fingerprint density at radius 3 is 2.38 bits per heavy atom. The number of aromatic hydroxyl groups is 1. The first-order chi connectivity index (χ1) is 16.6. The van der Waals surface area contributed by atoms with Gasteiger partial charge in [0.15, 0.2) is 11.9 Å². The van der Waals surface area contributed by atoms with Gasteiger partial charge in [-0.05, 0) is 65.9 Å². The molecule has 4 heteroatoms. The van der Waals surface area contributed by atoms with E-state index in [1.54, 1.807) is 19.2 Å². The standard InChI is InChI=1S/C30H32O4/c1-3-4-5-6-7-8-21-9-13-23(14-10-21)30-27(19-22-11-16-25(33-2)17-12-22)29(32)26-20-24(31)15-18-28(26)34-30/h9-20,30-31H,3-8H2,1-2H3. The smallest absolute Gasteiger partial charge is 0.196 e. The molecule has 0 aliphatic carbocycles. The van der Waals surface area contributed by atoms with Gasteiger partial charge >= 0.3 is 0 Å². The molecule has 0 spiro atoms. The zero-order chi connectivity index (χ0) is 23.9. The van der Waals surface area contributed by atoms with Crippen molar-refractivity contribution >= 4 is 11.9 Å². The predicted octanol–water partition coefficient (Wildman–Crippen LogP) is 7.31. The lowest BCUT2D eigenvalue weighted by atomic mass is 9.89. The summed E-state index contributed by atoms with van der Waals surface area (Å²) in [6.45, 7) is 2.23. The molecule has 0 saturated carbocycles. The van der Waals surface area contributed by atoms with E-state index in [0.29, 0.717) is 16.9 Å². The first-order valence-corrected chi connectivity index (χ1v) is 12.1. The highest BCUT2D eigenvalue weighted by Crippen LogP contribution is 2.40. The Bertz CT molecular complexity index is 1140. The van der Waals surface area contributed by atoms with Crippen LogP contribution in [0.2, 0.25) is 0 Å². The average Bonchev–Trinajstić information content (AvgIpc) is 2.87. The van der Waals surface area contributed by atoms with Crippen molar-refractivity contribution in [1.29, 1.82) is 0 Å². The highest BCUT2D eigenvalue weighted by molar-refractivity contribution is 6.14. The summed E-state index contributed by atoms with van der Waals surface area (Å²) in [6.07, 6.45) is 8.70. The van der Waals surface area contributed by atoms with E-state index in [4.69, 9.17) is 9.47 Å². The third-order valence-corrected chi connectivity index (χ3v) is 6.29. The van der Waals surface area contributed by atoms with Gasteiger partial charge in [-0.25, -0.2) is 0 Å². The number of carbonyl (C=O) groups excluding carboxylic acids is 1. The molecule has 4 nitrogen and oxygen atoms in total. The second-order valence-electron chi connectivity index (χ2n) is 8.79.